The third kappa shape index (κ3) is 11.1. The van der Waals surface area contributed by atoms with Crippen molar-refractivity contribution in [1.29, 1.82) is 0 Å². The summed E-state index contributed by atoms with van der Waals surface area (Å²) < 4.78 is 26.9. The molecule has 0 aliphatic carbocycles. The van der Waals surface area contributed by atoms with Crippen LogP contribution in [0.4, 0.5) is 9.59 Å². The van der Waals surface area contributed by atoms with Gasteiger partial charge in [-0.15, -0.1) is 0 Å². The smallest absolute Gasteiger partial charge is 0.430 e. The molecule has 0 aromatic heterocycles. The summed E-state index contributed by atoms with van der Waals surface area (Å²) in [6.07, 6.45) is -3.81. The number of benzene rings is 2. The van der Waals surface area contributed by atoms with E-state index in [1.54, 1.807) is 90.1 Å². The van der Waals surface area contributed by atoms with Crippen molar-refractivity contribution in [1.82, 2.24) is 10.4 Å². The van der Waals surface area contributed by atoms with E-state index in [9.17, 15) is 19.5 Å². The number of nitrogens with one attached hydrogen (secondary N) is 1. The molecule has 11 nitrogen and oxygen atoms in total. The molecular weight excluding hydrogens is 508 g/mol. The highest BCUT2D eigenvalue weighted by atomic mass is 16.6. The lowest BCUT2D eigenvalue weighted by molar-refractivity contribution is -0.158. The molecule has 0 unspecified atom stereocenters. The Morgan fingerprint density at radius 1 is 0.872 bits per heavy atom. The van der Waals surface area contributed by atoms with Gasteiger partial charge in [-0.3, -0.25) is 0 Å². The average Bonchev–Trinajstić information content (AvgIpc) is 2.84. The molecule has 11 heteroatoms. The summed E-state index contributed by atoms with van der Waals surface area (Å²) in [6, 6.07) is 13.6. The molecule has 0 fully saturated rings. The molecule has 0 aliphatic heterocycles. The van der Waals surface area contributed by atoms with Crippen molar-refractivity contribution in [3.05, 3.63) is 60.2 Å². The third-order valence-corrected chi connectivity index (χ3v) is 4.79. The predicted octanol–water partition coefficient (Wildman–Crippen LogP) is 4.22. The second-order valence-corrected chi connectivity index (χ2v) is 10.6. The molecule has 0 saturated heterocycles. The van der Waals surface area contributed by atoms with Gasteiger partial charge in [-0.25, -0.2) is 19.8 Å². The number of aliphatic hydroxyl groups excluding tert-OH is 1. The highest BCUT2D eigenvalue weighted by Gasteiger charge is 2.41. The van der Waals surface area contributed by atoms with Crippen molar-refractivity contribution in [2.24, 2.45) is 0 Å². The lowest BCUT2D eigenvalue weighted by Crippen LogP contribution is -2.61. The summed E-state index contributed by atoms with van der Waals surface area (Å²) in [5, 5.41) is 11.7. The molecule has 0 saturated carbocycles. The highest BCUT2D eigenvalue weighted by molar-refractivity contribution is 5.84. The number of methoxy groups -OCH3 is 1. The fourth-order valence-electron chi connectivity index (χ4n) is 3.13. The molecule has 214 valence electrons. The van der Waals surface area contributed by atoms with Crippen molar-refractivity contribution in [2.75, 3.05) is 13.7 Å². The summed E-state index contributed by atoms with van der Waals surface area (Å²) in [5.41, 5.74) is 1.01. The maximum Gasteiger partial charge on any atom is 0.430 e. The van der Waals surface area contributed by atoms with Crippen LogP contribution in [0.1, 0.15) is 47.1 Å². The van der Waals surface area contributed by atoms with Crippen LogP contribution in [-0.2, 0) is 25.6 Å². The van der Waals surface area contributed by atoms with E-state index in [0.29, 0.717) is 22.1 Å². The molecule has 0 heterocycles. The molecule has 2 N–H and O–H groups in total. The summed E-state index contributed by atoms with van der Waals surface area (Å²) in [6.45, 7) is 9.16. The van der Waals surface area contributed by atoms with Crippen molar-refractivity contribution in [3.8, 4) is 11.5 Å². The number of amides is 2. The first kappa shape index (κ1) is 31.2. The number of hydrogen-bond acceptors (Lipinski definition) is 9. The van der Waals surface area contributed by atoms with E-state index in [2.05, 4.69) is 5.43 Å². The minimum atomic E-state index is -1.76. The van der Waals surface area contributed by atoms with Crippen molar-refractivity contribution in [2.45, 2.75) is 71.5 Å². The number of carbonyl (C=O) groups excluding carboxylic acids is 3. The second kappa shape index (κ2) is 13.7. The first-order valence-corrected chi connectivity index (χ1v) is 12.4. The molecule has 2 rings (SSSR count). The quantitative estimate of drug-likeness (QED) is 0.269. The summed E-state index contributed by atoms with van der Waals surface area (Å²) in [5.74, 6) is -0.0373. The molecule has 2 aromatic carbocycles. The lowest BCUT2D eigenvalue weighted by Gasteiger charge is -2.34. The maximum atomic E-state index is 13.3. The number of rotatable bonds is 9. The van der Waals surface area contributed by atoms with Crippen LogP contribution in [0.25, 0.3) is 0 Å². The molecular formula is C28H38N2O9. The SMILES string of the molecule is COc1ccc(OC[C@H](O)[C@@H](C(=O)OCc2ccccc2)N(NC(=O)OC(C)(C)C)C(=O)OC(C)(C)C)cc1. The van der Waals surface area contributed by atoms with E-state index in [1.807, 2.05) is 6.07 Å². The lowest BCUT2D eigenvalue weighted by atomic mass is 10.1. The molecule has 2 atom stereocenters. The van der Waals surface area contributed by atoms with Crippen LogP contribution in [0.5, 0.6) is 11.5 Å². The first-order valence-electron chi connectivity index (χ1n) is 12.4. The topological polar surface area (TPSA) is 133 Å². The van der Waals surface area contributed by atoms with Gasteiger partial charge in [-0.05, 0) is 71.4 Å². The zero-order valence-corrected chi connectivity index (χ0v) is 23.4. The van der Waals surface area contributed by atoms with Crippen molar-refractivity contribution >= 4 is 18.2 Å². The minimum absolute atomic E-state index is 0.142. The normalized spacial score (nSPS) is 12.9. The average molecular weight is 547 g/mol. The highest BCUT2D eigenvalue weighted by Crippen LogP contribution is 2.19. The minimum Gasteiger partial charge on any atom is -0.497 e. The third-order valence-electron chi connectivity index (χ3n) is 4.79. The van der Waals surface area contributed by atoms with Gasteiger partial charge >= 0.3 is 18.2 Å². The van der Waals surface area contributed by atoms with Crippen LogP contribution in [0.2, 0.25) is 0 Å². The Kier molecular flexibility index (Phi) is 11.0. The van der Waals surface area contributed by atoms with Crippen molar-refractivity contribution < 1.29 is 43.2 Å². The summed E-state index contributed by atoms with van der Waals surface area (Å²) in [7, 11) is 1.52. The Morgan fingerprint density at radius 3 is 1.97 bits per heavy atom. The molecule has 2 amide bonds. The number of esters is 1. The van der Waals surface area contributed by atoms with Gasteiger partial charge in [0.15, 0.2) is 6.04 Å². The second-order valence-electron chi connectivity index (χ2n) is 10.6. The van der Waals surface area contributed by atoms with E-state index in [1.165, 1.54) is 7.11 Å². The van der Waals surface area contributed by atoms with Crippen LogP contribution in [0.3, 0.4) is 0 Å². The van der Waals surface area contributed by atoms with Crippen LogP contribution < -0.4 is 14.9 Å². The number of carbonyl (C=O) groups is 3. The van der Waals surface area contributed by atoms with Crippen LogP contribution in [-0.4, -0.2) is 65.3 Å². The first-order chi connectivity index (χ1) is 18.2. The van der Waals surface area contributed by atoms with E-state index in [0.717, 1.165) is 0 Å². The van der Waals surface area contributed by atoms with E-state index in [-0.39, 0.29) is 6.61 Å². The molecule has 39 heavy (non-hydrogen) atoms. The fourth-order valence-corrected chi connectivity index (χ4v) is 3.13. The number of aliphatic hydroxyl groups is 1. The zero-order valence-electron chi connectivity index (χ0n) is 23.4. The molecule has 0 aliphatic rings. The molecule has 2 aromatic rings. The molecule has 0 radical (unpaired) electrons. The number of nitrogens with zero attached hydrogens (tertiary/aromatic N) is 1. The van der Waals surface area contributed by atoms with E-state index in [4.69, 9.17) is 23.7 Å². The van der Waals surface area contributed by atoms with E-state index < -0.39 is 48.1 Å². The fraction of sp³-hybridized carbons (Fsp3) is 0.464. The Bertz CT molecular complexity index is 1080. The maximum absolute atomic E-state index is 13.3. The van der Waals surface area contributed by atoms with Crippen LogP contribution >= 0.6 is 0 Å². The number of hydrazine groups is 1. The molecule has 0 bridgehead atoms. The Labute approximate surface area is 228 Å². The van der Waals surface area contributed by atoms with Gasteiger partial charge in [0.05, 0.1) is 7.11 Å². The largest absolute Gasteiger partial charge is 0.497 e. The van der Waals surface area contributed by atoms with Gasteiger partial charge in [0.25, 0.3) is 0 Å². The monoisotopic (exact) mass is 546 g/mol. The van der Waals surface area contributed by atoms with Gasteiger partial charge in [-0.1, -0.05) is 30.3 Å². The molecule has 0 spiro atoms. The predicted molar refractivity (Wildman–Crippen MR) is 142 cm³/mol. The zero-order chi connectivity index (χ0) is 29.2. The Balaban J connectivity index is 2.35. The van der Waals surface area contributed by atoms with Gasteiger partial charge in [0.1, 0.15) is 42.0 Å². The summed E-state index contributed by atoms with van der Waals surface area (Å²) >= 11 is 0. The van der Waals surface area contributed by atoms with Crippen LogP contribution in [0, 0.1) is 0 Å². The van der Waals surface area contributed by atoms with E-state index >= 15 is 0 Å². The number of ether oxygens (including phenoxy) is 5. The van der Waals surface area contributed by atoms with Crippen molar-refractivity contribution in [3.63, 3.8) is 0 Å². The van der Waals surface area contributed by atoms with Gasteiger partial charge in [0, 0.05) is 0 Å². The van der Waals surface area contributed by atoms with Crippen LogP contribution in [0.15, 0.2) is 54.6 Å². The Morgan fingerprint density at radius 2 is 1.44 bits per heavy atom. The number of hydrogen-bond donors (Lipinski definition) is 2. The van der Waals surface area contributed by atoms with Gasteiger partial charge < -0.3 is 28.8 Å². The van der Waals surface area contributed by atoms with Gasteiger partial charge in [-0.2, -0.15) is 5.01 Å². The van der Waals surface area contributed by atoms with Gasteiger partial charge in [0.2, 0.25) is 0 Å². The summed E-state index contributed by atoms with van der Waals surface area (Å²) in [4.78, 5) is 39.2. The standard InChI is InChI=1S/C28H38N2O9/c1-27(2,3)38-25(33)29-30(26(34)39-28(4,5)6)23(24(32)37-17-19-11-9-8-10-12-19)22(31)18-36-21-15-13-20(35-7)14-16-21/h8-16,22-23,31H,17-18H2,1-7H3,(H,29,33)/t22-,23-/m0/s1. The Hall–Kier alpha value is -3.99.